The minimum absolute atomic E-state index is 0.242. The van der Waals surface area contributed by atoms with Crippen molar-refractivity contribution in [2.75, 3.05) is 13.2 Å². The Morgan fingerprint density at radius 3 is 2.29 bits per heavy atom. The summed E-state index contributed by atoms with van der Waals surface area (Å²) in [7, 11) is -4.29. The average molecular weight is 665 g/mol. The minimum Gasteiger partial charge on any atom is -0.484 e. The molecule has 2 aliphatic carbocycles. The van der Waals surface area contributed by atoms with Crippen molar-refractivity contribution in [1.82, 2.24) is 10.2 Å². The maximum absolute atomic E-state index is 14.0. The second-order valence-electron chi connectivity index (χ2n) is 10.8. The third-order valence-electron chi connectivity index (χ3n) is 7.84. The van der Waals surface area contributed by atoms with E-state index >= 15 is 0 Å². The number of nitrogens with zero attached hydrogens (tertiary/aromatic N) is 2. The molecule has 15 heteroatoms. The number of nitrogens with one attached hydrogen (secondary N) is 1. The Hall–Kier alpha value is -2.72. The number of sulfone groups is 1. The molecule has 3 fully saturated rings. The predicted octanol–water partition coefficient (Wildman–Crippen LogP) is 5.24. The van der Waals surface area contributed by atoms with Crippen LogP contribution in [0.5, 0.6) is 5.75 Å². The third-order valence-corrected chi connectivity index (χ3v) is 11.2. The van der Waals surface area contributed by atoms with Crippen LogP contribution in [0.25, 0.3) is 0 Å². The first-order valence-corrected chi connectivity index (χ1v) is 15.5. The number of carbonyl (C=O) groups is 2. The molecule has 1 heterocycles. The molecule has 2 atom stereocenters. The van der Waals surface area contributed by atoms with E-state index in [9.17, 15) is 36.4 Å². The summed E-state index contributed by atoms with van der Waals surface area (Å²) in [5.74, 6) is -1.38. The number of benzene rings is 2. The molecule has 0 radical (unpaired) electrons. The number of likely N-dealkylation sites (tertiary alicyclic amines) is 1. The number of ether oxygens (including phenoxy) is 1. The van der Waals surface area contributed by atoms with E-state index in [1.165, 1.54) is 4.90 Å². The molecular formula is C27H23Cl3F3N3O5S. The van der Waals surface area contributed by atoms with Gasteiger partial charge in [0.25, 0.3) is 0 Å². The molecule has 2 saturated carbocycles. The molecule has 42 heavy (non-hydrogen) atoms. The van der Waals surface area contributed by atoms with E-state index in [2.05, 4.69) is 10.1 Å². The molecule has 8 nitrogen and oxygen atoms in total. The van der Waals surface area contributed by atoms with Crippen molar-refractivity contribution in [2.45, 2.75) is 65.4 Å². The molecule has 224 valence electrons. The fourth-order valence-electron chi connectivity index (χ4n) is 5.17. The van der Waals surface area contributed by atoms with Gasteiger partial charge in [-0.3, -0.25) is 9.59 Å². The standard InChI is InChI=1S/C27H23Cl3F3N3O5S/c28-18-3-1-15(9-19(18)29)26(7-8-26)24(38)36-12-17(11-21(36)23(37)35-25(13-34)5-6-25)42(39,40)22-4-2-16(10-20(22)30)41-14-27(31,32)33/h1-4,9-10,17,21H,5-8,11-12,14H2,(H,35,37)/t17-,21+/m1/s1. The summed E-state index contributed by atoms with van der Waals surface area (Å²) in [6.45, 7) is -1.93. The molecule has 1 saturated heterocycles. The lowest BCUT2D eigenvalue weighted by Gasteiger charge is -2.29. The zero-order chi connectivity index (χ0) is 30.7. The Labute approximate surface area is 254 Å². The maximum atomic E-state index is 14.0. The first-order chi connectivity index (χ1) is 19.6. The van der Waals surface area contributed by atoms with Gasteiger partial charge in [-0.2, -0.15) is 18.4 Å². The summed E-state index contributed by atoms with van der Waals surface area (Å²) in [6, 6.07) is 8.71. The molecule has 0 aromatic heterocycles. The van der Waals surface area contributed by atoms with E-state index in [4.69, 9.17) is 34.8 Å². The van der Waals surface area contributed by atoms with Gasteiger partial charge in [0, 0.05) is 12.6 Å². The van der Waals surface area contributed by atoms with Gasteiger partial charge >= 0.3 is 6.18 Å². The van der Waals surface area contributed by atoms with E-state index in [0.29, 0.717) is 36.3 Å². The van der Waals surface area contributed by atoms with Crippen molar-refractivity contribution in [3.05, 3.63) is 57.0 Å². The number of amides is 2. The van der Waals surface area contributed by atoms with Crippen LogP contribution in [0, 0.1) is 11.3 Å². The molecule has 5 rings (SSSR count). The lowest BCUT2D eigenvalue weighted by Crippen LogP contribution is -2.51. The molecule has 1 N–H and O–H groups in total. The van der Waals surface area contributed by atoms with Gasteiger partial charge in [0.15, 0.2) is 16.4 Å². The van der Waals surface area contributed by atoms with Crippen molar-refractivity contribution in [1.29, 1.82) is 5.26 Å². The van der Waals surface area contributed by atoms with E-state index in [-0.39, 0.29) is 33.7 Å². The molecule has 0 spiro atoms. The summed E-state index contributed by atoms with van der Waals surface area (Å²) < 4.78 is 69.7. The van der Waals surface area contributed by atoms with Gasteiger partial charge in [-0.25, -0.2) is 8.42 Å². The average Bonchev–Trinajstić information content (AvgIpc) is 3.84. The summed E-state index contributed by atoms with van der Waals surface area (Å²) in [5.41, 5.74) is -1.49. The van der Waals surface area contributed by atoms with Crippen LogP contribution in [-0.4, -0.2) is 61.3 Å². The number of halogens is 6. The Kier molecular flexibility index (Phi) is 7.88. The van der Waals surface area contributed by atoms with Crippen LogP contribution in [-0.2, 0) is 24.8 Å². The summed E-state index contributed by atoms with van der Waals surface area (Å²) >= 11 is 18.4. The second-order valence-corrected chi connectivity index (χ2v) is 14.2. The first kappa shape index (κ1) is 30.7. The fourth-order valence-corrected chi connectivity index (χ4v) is 7.70. The highest BCUT2D eigenvalue weighted by Crippen LogP contribution is 2.52. The number of rotatable bonds is 8. The monoisotopic (exact) mass is 663 g/mol. The maximum Gasteiger partial charge on any atom is 0.422 e. The van der Waals surface area contributed by atoms with Gasteiger partial charge in [0.05, 0.1) is 36.7 Å². The van der Waals surface area contributed by atoms with Crippen LogP contribution in [0.4, 0.5) is 13.2 Å². The molecule has 2 aromatic carbocycles. The van der Waals surface area contributed by atoms with Gasteiger partial charge in [0.2, 0.25) is 11.8 Å². The zero-order valence-corrected chi connectivity index (χ0v) is 24.8. The topological polar surface area (TPSA) is 117 Å². The highest BCUT2D eigenvalue weighted by atomic mass is 35.5. The Morgan fingerprint density at radius 1 is 1.05 bits per heavy atom. The predicted molar refractivity (Wildman–Crippen MR) is 147 cm³/mol. The Bertz CT molecular complexity index is 1600. The summed E-state index contributed by atoms with van der Waals surface area (Å²) in [6.07, 6.45) is -3.12. The normalized spacial score (nSPS) is 22.3. The van der Waals surface area contributed by atoms with Crippen LogP contribution in [0.3, 0.4) is 0 Å². The number of alkyl halides is 3. The van der Waals surface area contributed by atoms with Gasteiger partial charge in [-0.1, -0.05) is 40.9 Å². The lowest BCUT2D eigenvalue weighted by molar-refractivity contribution is -0.153. The van der Waals surface area contributed by atoms with Crippen molar-refractivity contribution in [3.63, 3.8) is 0 Å². The van der Waals surface area contributed by atoms with E-state index < -0.39 is 56.7 Å². The number of hydrogen-bond acceptors (Lipinski definition) is 6. The van der Waals surface area contributed by atoms with E-state index in [1.54, 1.807) is 18.2 Å². The molecule has 2 amide bonds. The van der Waals surface area contributed by atoms with Gasteiger partial charge < -0.3 is 15.0 Å². The SMILES string of the molecule is N#CC1(NC(=O)[C@@H]2C[C@@H](S(=O)(=O)c3ccc(OCC(F)(F)F)cc3Cl)CN2C(=O)C2(c3ccc(Cl)c(Cl)c3)CC2)CC1. The highest BCUT2D eigenvalue weighted by Gasteiger charge is 2.58. The molecule has 2 aromatic rings. The van der Waals surface area contributed by atoms with Gasteiger partial charge in [-0.05, 0) is 61.9 Å². The zero-order valence-electron chi connectivity index (χ0n) is 21.7. The Balaban J connectivity index is 1.44. The fraction of sp³-hybridized carbons (Fsp3) is 0.444. The molecular weight excluding hydrogens is 642 g/mol. The van der Waals surface area contributed by atoms with Gasteiger partial charge in [0.1, 0.15) is 17.3 Å². The van der Waals surface area contributed by atoms with E-state index in [0.717, 1.165) is 18.2 Å². The largest absolute Gasteiger partial charge is 0.484 e. The molecule has 0 unspecified atom stereocenters. The van der Waals surface area contributed by atoms with Crippen LogP contribution >= 0.6 is 34.8 Å². The van der Waals surface area contributed by atoms with Crippen molar-refractivity contribution < 1.29 is 35.9 Å². The van der Waals surface area contributed by atoms with Crippen LogP contribution in [0.2, 0.25) is 15.1 Å². The summed E-state index contributed by atoms with van der Waals surface area (Å²) in [5, 5.41) is 11.1. The Morgan fingerprint density at radius 2 is 1.74 bits per heavy atom. The number of hydrogen-bond donors (Lipinski definition) is 1. The van der Waals surface area contributed by atoms with Crippen LogP contribution in [0.15, 0.2) is 41.3 Å². The molecule has 3 aliphatic rings. The number of carbonyl (C=O) groups excluding carboxylic acids is 2. The second kappa shape index (κ2) is 10.8. The number of nitriles is 1. The smallest absolute Gasteiger partial charge is 0.422 e. The first-order valence-electron chi connectivity index (χ1n) is 12.8. The summed E-state index contributed by atoms with van der Waals surface area (Å²) in [4.78, 5) is 28.3. The van der Waals surface area contributed by atoms with Gasteiger partial charge in [-0.15, -0.1) is 0 Å². The third kappa shape index (κ3) is 5.89. The van der Waals surface area contributed by atoms with E-state index in [1.807, 2.05) is 6.07 Å². The quantitative estimate of drug-likeness (QED) is 0.413. The molecule has 0 bridgehead atoms. The molecule has 1 aliphatic heterocycles. The van der Waals surface area contributed by atoms with Crippen molar-refractivity contribution in [3.8, 4) is 11.8 Å². The van der Waals surface area contributed by atoms with Crippen molar-refractivity contribution in [2.24, 2.45) is 0 Å². The van der Waals surface area contributed by atoms with Crippen LogP contribution < -0.4 is 10.1 Å². The van der Waals surface area contributed by atoms with Crippen molar-refractivity contribution >= 4 is 56.5 Å². The minimum atomic E-state index is -4.60. The van der Waals surface area contributed by atoms with Crippen LogP contribution in [0.1, 0.15) is 37.7 Å². The highest BCUT2D eigenvalue weighted by molar-refractivity contribution is 7.92. The lowest BCUT2D eigenvalue weighted by atomic mass is 9.94.